The van der Waals surface area contributed by atoms with E-state index in [4.69, 9.17) is 13.3 Å². The van der Waals surface area contributed by atoms with Crippen LogP contribution in [-0.4, -0.2) is 37.3 Å². The Balaban J connectivity index is 0.000000151. The van der Waals surface area contributed by atoms with Crippen LogP contribution in [-0.2, 0) is 21.7 Å². The quantitative estimate of drug-likeness (QED) is 0.123. The Morgan fingerprint density at radius 3 is 1.21 bits per heavy atom. The number of hydrogen-bond acceptors (Lipinski definition) is 10. The molecule has 0 N–H and O–H groups in total. The number of thiophene rings is 2. The number of nitrogens with zero attached hydrogens (tertiary/aromatic N) is 3. The molecule has 12 heteroatoms. The lowest BCUT2D eigenvalue weighted by Gasteiger charge is -2.19. The van der Waals surface area contributed by atoms with Gasteiger partial charge in [0.2, 0.25) is 0 Å². The Labute approximate surface area is 556 Å². The van der Waals surface area contributed by atoms with Gasteiger partial charge < -0.3 is 22.4 Å². The van der Waals surface area contributed by atoms with Crippen LogP contribution < -0.4 is 0 Å². The number of rotatable bonds is 5. The maximum absolute atomic E-state index is 12.9. The minimum Gasteiger partial charge on any atom is -0.455 e. The van der Waals surface area contributed by atoms with Crippen LogP contribution in [0.5, 0.6) is 0 Å². The SMILES string of the molecule is CC(C)(C)c1ccc2c(c1)c1cc(C(C)(C)C)ccc1n2-c1ccc2c(c1)sc1cc(-c3ccc(C=C4C(=O)c5ccccc5C4=O)o3)oc12.CC(C)(C)c1ccc2c(c1)c1cc(C(C)(C)C)ccc1n2-c1ccc2c(c1)sc1cc(/C=C3/C(=O)c4ccncc4C3=O)oc12. The fourth-order valence-corrected chi connectivity index (χ4v) is 15.8. The van der Waals surface area contributed by atoms with Crippen LogP contribution in [0, 0.1) is 0 Å². The second-order valence-corrected chi connectivity index (χ2v) is 31.6. The average Bonchev–Trinajstić information content (AvgIpc) is 1.59. The molecule has 2 aliphatic carbocycles. The summed E-state index contributed by atoms with van der Waals surface area (Å²) in [5.74, 6) is 0.891. The molecule has 15 aromatic rings. The third-order valence-electron chi connectivity index (χ3n) is 18.9. The van der Waals surface area contributed by atoms with Gasteiger partial charge in [0, 0.05) is 94.3 Å². The van der Waals surface area contributed by atoms with Crippen LogP contribution >= 0.6 is 22.7 Å². The Kier molecular flexibility index (Phi) is 13.3. The van der Waals surface area contributed by atoms with Gasteiger partial charge in [-0.05, 0) is 159 Å². The number of fused-ring (bicyclic) bond motifs is 14. The third kappa shape index (κ3) is 9.81. The van der Waals surface area contributed by atoms with Crippen LogP contribution in [0.2, 0.25) is 0 Å². The minimum absolute atomic E-state index is 0.0438. The van der Waals surface area contributed by atoms with Crippen molar-refractivity contribution >= 4 is 142 Å². The monoisotopic (exact) mass is 1280 g/mol. The van der Waals surface area contributed by atoms with Crippen molar-refractivity contribution in [2.45, 2.75) is 105 Å². The molecule has 2 aliphatic rings. The fourth-order valence-electron chi connectivity index (χ4n) is 13.6. The van der Waals surface area contributed by atoms with Gasteiger partial charge in [0.25, 0.3) is 0 Å². The van der Waals surface area contributed by atoms with Gasteiger partial charge in [-0.3, -0.25) is 24.2 Å². The van der Waals surface area contributed by atoms with E-state index < -0.39 is 0 Å². The number of hydrogen-bond donors (Lipinski definition) is 0. The molecule has 468 valence electrons. The van der Waals surface area contributed by atoms with Crippen LogP contribution in [0.1, 0.15) is 158 Å². The van der Waals surface area contributed by atoms with Crippen molar-refractivity contribution in [3.63, 3.8) is 0 Å². The summed E-state index contributed by atoms with van der Waals surface area (Å²) in [4.78, 5) is 55.5. The molecule has 95 heavy (non-hydrogen) atoms. The molecule has 0 radical (unpaired) electrons. The highest BCUT2D eigenvalue weighted by molar-refractivity contribution is 7.26. The summed E-state index contributed by atoms with van der Waals surface area (Å²) in [6.07, 6.45) is 6.07. The Hall–Kier alpha value is -10.3. The first-order valence-corrected chi connectivity index (χ1v) is 33.7. The van der Waals surface area contributed by atoms with Crippen molar-refractivity contribution < 1.29 is 32.4 Å². The summed E-state index contributed by atoms with van der Waals surface area (Å²) < 4.78 is 27.7. The van der Waals surface area contributed by atoms with Crippen LogP contribution in [0.3, 0.4) is 0 Å². The molecule has 0 aliphatic heterocycles. The number of pyridine rings is 1. The number of carbonyl (C=O) groups is 4. The summed E-state index contributed by atoms with van der Waals surface area (Å²) in [6, 6.07) is 56.6. The van der Waals surface area contributed by atoms with Gasteiger partial charge in [-0.25, -0.2) is 0 Å². The largest absolute Gasteiger partial charge is 0.455 e. The van der Waals surface area contributed by atoms with E-state index in [2.05, 4.69) is 206 Å². The predicted molar refractivity (Wildman–Crippen MR) is 388 cm³/mol. The zero-order valence-corrected chi connectivity index (χ0v) is 56.5. The first-order chi connectivity index (χ1) is 45.2. The van der Waals surface area contributed by atoms with Crippen LogP contribution in [0.4, 0.5) is 0 Å². The van der Waals surface area contributed by atoms with E-state index >= 15 is 0 Å². The zero-order valence-electron chi connectivity index (χ0n) is 54.9. The van der Waals surface area contributed by atoms with Gasteiger partial charge in [-0.2, -0.15) is 0 Å². The van der Waals surface area contributed by atoms with Gasteiger partial charge in [0.1, 0.15) is 11.5 Å². The fraction of sp³-hybridized carbons (Fsp3) is 0.193. The minimum atomic E-state index is -0.312. The molecule has 0 atom stereocenters. The van der Waals surface area contributed by atoms with Crippen LogP contribution in [0.25, 0.3) is 119 Å². The predicted octanol–water partition coefficient (Wildman–Crippen LogP) is 22.3. The van der Waals surface area contributed by atoms with E-state index in [1.165, 1.54) is 84.3 Å². The maximum Gasteiger partial charge on any atom is 0.199 e. The van der Waals surface area contributed by atoms with E-state index in [0.29, 0.717) is 45.3 Å². The molecule has 0 saturated carbocycles. The summed E-state index contributed by atoms with van der Waals surface area (Å²) in [5, 5.41) is 7.10. The van der Waals surface area contributed by atoms with Crippen molar-refractivity contribution in [1.29, 1.82) is 0 Å². The molecule has 0 fully saturated rings. The Bertz CT molecular complexity index is 5710. The number of allylic oxidation sites excluding steroid dienone is 2. The molecule has 0 bridgehead atoms. The molecule has 17 rings (SSSR count). The normalized spacial score (nSPS) is 14.4. The first kappa shape index (κ1) is 59.7. The topological polar surface area (TPSA) is 130 Å². The molecule has 10 nitrogen and oxygen atoms in total. The summed E-state index contributed by atoms with van der Waals surface area (Å²) in [5.41, 5.74) is 15.8. The molecule has 7 aromatic carbocycles. The van der Waals surface area contributed by atoms with Gasteiger partial charge in [-0.1, -0.05) is 132 Å². The van der Waals surface area contributed by atoms with Crippen LogP contribution in [0.15, 0.2) is 201 Å². The smallest absolute Gasteiger partial charge is 0.199 e. The molecule has 0 amide bonds. The van der Waals surface area contributed by atoms with E-state index in [0.717, 1.165) is 52.1 Å². The second-order valence-electron chi connectivity index (χ2n) is 29.4. The van der Waals surface area contributed by atoms with E-state index in [-0.39, 0.29) is 55.9 Å². The highest BCUT2D eigenvalue weighted by Gasteiger charge is 2.35. The number of carbonyl (C=O) groups excluding carboxylic acids is 4. The van der Waals surface area contributed by atoms with Gasteiger partial charge in [0.15, 0.2) is 45.8 Å². The van der Waals surface area contributed by atoms with Crippen molar-refractivity contribution in [2.75, 3.05) is 0 Å². The third-order valence-corrected chi connectivity index (χ3v) is 21.1. The molecule has 0 unspecified atom stereocenters. The summed E-state index contributed by atoms with van der Waals surface area (Å²) in [7, 11) is 0. The van der Waals surface area contributed by atoms with Crippen molar-refractivity contribution in [3.05, 3.63) is 243 Å². The van der Waals surface area contributed by atoms with Crippen molar-refractivity contribution in [2.24, 2.45) is 0 Å². The lowest BCUT2D eigenvalue weighted by Crippen LogP contribution is -2.10. The number of Topliss-reactive ketones (excluding diaryl/α,β-unsaturated/α-hetero) is 4. The Morgan fingerprint density at radius 2 is 0.768 bits per heavy atom. The lowest BCUT2D eigenvalue weighted by molar-refractivity contribution is 0.0974. The van der Waals surface area contributed by atoms with Gasteiger partial charge >= 0.3 is 0 Å². The second kappa shape index (κ2) is 21.1. The summed E-state index contributed by atoms with van der Waals surface area (Å²) in [6.45, 7) is 27.2. The molecule has 0 spiro atoms. The standard InChI is InChI=1S/C44H35NO4S.C39H32N2O3S/c1-43(2,3)24-11-16-34-31(19-24)32-20-25(44(4,5)6)12-17-35(32)45(34)26-13-15-30-38(21-26)50-39-23-37(49-42(30)39)36-18-14-27(48-36)22-33-40(46)28-9-7-8-10-29(28)41(33)47;1-38(2,3)21-7-11-31-27(15-21)28-16-22(39(4,5)6)8-12-32(28)41(31)23-9-10-26-33(17-23)45-34-19-24(44-37(26)34)18-29-35(42)25-13-14-40-20-30(25)36(29)43/h7-23H,1-6H3;7-20H,1-6H3/b;29-18-. The lowest BCUT2D eigenvalue weighted by atomic mass is 9.85. The van der Waals surface area contributed by atoms with E-state index in [1.54, 1.807) is 65.1 Å². The first-order valence-electron chi connectivity index (χ1n) is 32.1. The molecule has 8 aromatic heterocycles. The maximum atomic E-state index is 12.9. The highest BCUT2D eigenvalue weighted by Crippen LogP contribution is 2.46. The van der Waals surface area contributed by atoms with E-state index in [1.807, 2.05) is 18.2 Å². The average molecular weight is 1280 g/mol. The molecule has 8 heterocycles. The molecule has 0 saturated heterocycles. The number of aromatic nitrogens is 3. The van der Waals surface area contributed by atoms with Gasteiger partial charge in [0.05, 0.1) is 48.2 Å². The van der Waals surface area contributed by atoms with Gasteiger partial charge in [-0.15, -0.1) is 22.7 Å². The zero-order chi connectivity index (χ0) is 66.1. The molecular formula is C83H67N3O7S2. The summed E-state index contributed by atoms with van der Waals surface area (Å²) >= 11 is 3.33. The Morgan fingerprint density at radius 1 is 0.358 bits per heavy atom. The number of furan rings is 3. The number of ketones is 4. The van der Waals surface area contributed by atoms with Crippen molar-refractivity contribution in [3.8, 4) is 22.9 Å². The van der Waals surface area contributed by atoms with Crippen molar-refractivity contribution in [1.82, 2.24) is 14.1 Å². The molecular weight excluding hydrogens is 1220 g/mol. The van der Waals surface area contributed by atoms with E-state index in [9.17, 15) is 19.2 Å². The number of benzene rings is 7. The highest BCUT2D eigenvalue weighted by atomic mass is 32.1.